The first-order valence-electron chi connectivity index (χ1n) is 9.81. The Hall–Kier alpha value is -2.62. The molecule has 0 spiro atoms. The minimum Gasteiger partial charge on any atom is -0.461 e. The molecule has 0 radical (unpaired) electrons. The summed E-state index contributed by atoms with van der Waals surface area (Å²) >= 11 is 0. The van der Waals surface area contributed by atoms with Crippen molar-refractivity contribution in [3.8, 4) is 0 Å². The number of hydrogen-bond acceptors (Lipinski definition) is 4. The van der Waals surface area contributed by atoms with Crippen molar-refractivity contribution < 1.29 is 13.9 Å². The Kier molecular flexibility index (Phi) is 5.23. The first-order valence-corrected chi connectivity index (χ1v) is 9.81. The molecule has 0 aliphatic heterocycles. The topological polar surface area (TPSA) is 56.5 Å². The molecule has 4 nitrogen and oxygen atoms in total. The number of ether oxygens (including phenoxy) is 1. The summed E-state index contributed by atoms with van der Waals surface area (Å²) in [6.07, 6.45) is 7.67. The van der Waals surface area contributed by atoms with Gasteiger partial charge < -0.3 is 9.15 Å². The zero-order chi connectivity index (χ0) is 18.6. The third-order valence-corrected chi connectivity index (χ3v) is 5.58. The van der Waals surface area contributed by atoms with Crippen molar-refractivity contribution in [2.75, 3.05) is 0 Å². The van der Waals surface area contributed by atoms with Gasteiger partial charge in [-0.15, -0.1) is 0 Å². The average molecular weight is 364 g/mol. The molecule has 0 saturated heterocycles. The molecule has 140 valence electrons. The van der Waals surface area contributed by atoms with E-state index >= 15 is 0 Å². The third-order valence-electron chi connectivity index (χ3n) is 5.58. The summed E-state index contributed by atoms with van der Waals surface area (Å²) in [4.78, 5) is 24.1. The molecule has 1 heterocycles. The van der Waals surface area contributed by atoms with Gasteiger partial charge in [0, 0.05) is 23.4 Å². The van der Waals surface area contributed by atoms with Gasteiger partial charge in [0.05, 0.1) is 0 Å². The van der Waals surface area contributed by atoms with Gasteiger partial charge in [0.25, 0.3) is 0 Å². The fourth-order valence-electron chi connectivity index (χ4n) is 4.16. The minimum absolute atomic E-state index is 0.0968. The van der Waals surface area contributed by atoms with E-state index in [-0.39, 0.29) is 12.6 Å². The van der Waals surface area contributed by atoms with E-state index in [9.17, 15) is 9.59 Å². The monoisotopic (exact) mass is 364 g/mol. The summed E-state index contributed by atoms with van der Waals surface area (Å²) in [6.45, 7) is 0.0968. The lowest BCUT2D eigenvalue weighted by molar-refractivity contribution is -0.145. The van der Waals surface area contributed by atoms with Crippen molar-refractivity contribution in [1.82, 2.24) is 0 Å². The molecule has 0 amide bonds. The summed E-state index contributed by atoms with van der Waals surface area (Å²) in [7, 11) is 0. The van der Waals surface area contributed by atoms with Crippen molar-refractivity contribution in [1.29, 1.82) is 0 Å². The fourth-order valence-corrected chi connectivity index (χ4v) is 4.16. The van der Waals surface area contributed by atoms with Gasteiger partial charge in [-0.25, -0.2) is 4.79 Å². The van der Waals surface area contributed by atoms with Crippen molar-refractivity contribution in [3.05, 3.63) is 58.4 Å². The second-order valence-electron chi connectivity index (χ2n) is 7.45. The Morgan fingerprint density at radius 2 is 1.89 bits per heavy atom. The summed E-state index contributed by atoms with van der Waals surface area (Å²) in [6, 6.07) is 13.1. The van der Waals surface area contributed by atoms with E-state index in [1.165, 1.54) is 38.2 Å². The number of carbonyl (C=O) groups is 1. The third kappa shape index (κ3) is 4.05. The van der Waals surface area contributed by atoms with E-state index in [1.807, 2.05) is 30.3 Å². The van der Waals surface area contributed by atoms with Gasteiger partial charge in [-0.05, 0) is 29.2 Å². The van der Waals surface area contributed by atoms with Crippen LogP contribution in [0.3, 0.4) is 0 Å². The number of carbonyl (C=O) groups excluding carboxylic acids is 1. The van der Waals surface area contributed by atoms with Crippen molar-refractivity contribution in [2.24, 2.45) is 5.92 Å². The molecule has 1 saturated carbocycles. The Morgan fingerprint density at radius 1 is 1.07 bits per heavy atom. The molecule has 27 heavy (non-hydrogen) atoms. The standard InChI is InChI=1S/C23H24O4/c24-21(13-10-16-6-2-1-3-7-16)26-15-18-14-22(25)27-20-12-11-17-8-4-5-9-19(17)23(18)20/h4-5,8-9,11-12,14,16H,1-3,6-7,10,13,15H2. The Morgan fingerprint density at radius 3 is 2.74 bits per heavy atom. The molecule has 1 fully saturated rings. The highest BCUT2D eigenvalue weighted by atomic mass is 16.5. The number of rotatable bonds is 5. The van der Waals surface area contributed by atoms with Crippen LogP contribution in [0, 0.1) is 5.92 Å². The van der Waals surface area contributed by atoms with Crippen LogP contribution in [0.1, 0.15) is 50.5 Å². The molecule has 1 aromatic heterocycles. The second-order valence-corrected chi connectivity index (χ2v) is 7.45. The Bertz CT molecular complexity index is 1010. The van der Waals surface area contributed by atoms with Crippen LogP contribution in [0.4, 0.5) is 0 Å². The highest BCUT2D eigenvalue weighted by molar-refractivity contribution is 6.07. The second kappa shape index (κ2) is 7.95. The molecule has 0 bridgehead atoms. The summed E-state index contributed by atoms with van der Waals surface area (Å²) in [5.74, 6) is 0.460. The predicted octanol–water partition coefficient (Wildman–Crippen LogP) is 5.35. The SMILES string of the molecule is O=C(CCC1CCCCC1)OCc1cc(=O)oc2ccc3ccccc3c12. The van der Waals surface area contributed by atoms with E-state index in [1.54, 1.807) is 6.07 Å². The molecule has 4 heteroatoms. The molecule has 2 aromatic carbocycles. The molecule has 1 aliphatic carbocycles. The lowest BCUT2D eigenvalue weighted by Crippen LogP contribution is -2.11. The first-order chi connectivity index (χ1) is 13.2. The maximum Gasteiger partial charge on any atom is 0.336 e. The molecule has 0 atom stereocenters. The Labute approximate surface area is 158 Å². The fraction of sp³-hybridized carbons (Fsp3) is 0.391. The average Bonchev–Trinajstić information content (AvgIpc) is 2.70. The van der Waals surface area contributed by atoms with Crippen LogP contribution in [-0.4, -0.2) is 5.97 Å². The molecule has 3 aromatic rings. The van der Waals surface area contributed by atoms with E-state index in [2.05, 4.69) is 0 Å². The largest absolute Gasteiger partial charge is 0.461 e. The van der Waals surface area contributed by atoms with Gasteiger partial charge in [-0.2, -0.15) is 0 Å². The van der Waals surface area contributed by atoms with Crippen LogP contribution in [0.5, 0.6) is 0 Å². The molecular weight excluding hydrogens is 340 g/mol. The van der Waals surface area contributed by atoms with Crippen molar-refractivity contribution in [2.45, 2.75) is 51.6 Å². The smallest absolute Gasteiger partial charge is 0.336 e. The molecule has 4 rings (SSSR count). The zero-order valence-corrected chi connectivity index (χ0v) is 15.4. The minimum atomic E-state index is -0.425. The van der Waals surface area contributed by atoms with Crippen LogP contribution in [0.2, 0.25) is 0 Å². The number of fused-ring (bicyclic) bond motifs is 3. The summed E-state index contributed by atoms with van der Waals surface area (Å²) in [5, 5.41) is 2.89. The number of hydrogen-bond donors (Lipinski definition) is 0. The van der Waals surface area contributed by atoms with E-state index in [4.69, 9.17) is 9.15 Å². The maximum atomic E-state index is 12.2. The first kappa shape index (κ1) is 17.8. The lowest BCUT2D eigenvalue weighted by Gasteiger charge is -2.20. The zero-order valence-electron chi connectivity index (χ0n) is 15.4. The highest BCUT2D eigenvalue weighted by Crippen LogP contribution is 2.29. The molecular formula is C23H24O4. The van der Waals surface area contributed by atoms with Crippen molar-refractivity contribution in [3.63, 3.8) is 0 Å². The van der Waals surface area contributed by atoms with Gasteiger partial charge in [-0.1, -0.05) is 62.4 Å². The number of benzene rings is 2. The van der Waals surface area contributed by atoms with Crippen LogP contribution in [0.15, 0.2) is 51.7 Å². The van der Waals surface area contributed by atoms with Crippen LogP contribution < -0.4 is 5.63 Å². The predicted molar refractivity (Wildman–Crippen MR) is 106 cm³/mol. The van der Waals surface area contributed by atoms with Crippen molar-refractivity contribution >= 4 is 27.7 Å². The molecule has 0 unspecified atom stereocenters. The van der Waals surface area contributed by atoms with E-state index in [0.29, 0.717) is 23.5 Å². The number of esters is 1. The summed E-state index contributed by atoms with van der Waals surface area (Å²) < 4.78 is 10.9. The normalized spacial score (nSPS) is 15.3. The van der Waals surface area contributed by atoms with Crippen LogP contribution >= 0.6 is 0 Å². The lowest BCUT2D eigenvalue weighted by atomic mass is 9.86. The Balaban J connectivity index is 1.52. The molecule has 0 N–H and O–H groups in total. The quantitative estimate of drug-likeness (QED) is 0.348. The van der Waals surface area contributed by atoms with Crippen LogP contribution in [0.25, 0.3) is 21.7 Å². The maximum absolute atomic E-state index is 12.2. The van der Waals surface area contributed by atoms with Gasteiger partial charge in [0.1, 0.15) is 12.2 Å². The van der Waals surface area contributed by atoms with Gasteiger partial charge in [0.2, 0.25) is 0 Å². The highest BCUT2D eigenvalue weighted by Gasteiger charge is 2.16. The van der Waals surface area contributed by atoms with E-state index < -0.39 is 5.63 Å². The molecule has 1 aliphatic rings. The van der Waals surface area contributed by atoms with Gasteiger partial charge in [0.15, 0.2) is 0 Å². The van der Waals surface area contributed by atoms with Crippen LogP contribution in [-0.2, 0) is 16.1 Å². The van der Waals surface area contributed by atoms with E-state index in [0.717, 1.165) is 22.6 Å². The summed E-state index contributed by atoms with van der Waals surface area (Å²) in [5.41, 5.74) is 0.796. The van der Waals surface area contributed by atoms with Gasteiger partial charge >= 0.3 is 11.6 Å². The van der Waals surface area contributed by atoms with Gasteiger partial charge in [-0.3, -0.25) is 4.79 Å².